The van der Waals surface area contributed by atoms with Crippen molar-refractivity contribution in [1.82, 2.24) is 9.88 Å². The van der Waals surface area contributed by atoms with Gasteiger partial charge in [-0.3, -0.25) is 9.88 Å². The van der Waals surface area contributed by atoms with Gasteiger partial charge in [-0.2, -0.15) is 0 Å². The van der Waals surface area contributed by atoms with Crippen LogP contribution in [0.25, 0.3) is 11.3 Å². The van der Waals surface area contributed by atoms with Gasteiger partial charge < -0.3 is 5.11 Å². The number of aryl methyl sites for hydroxylation is 3. The van der Waals surface area contributed by atoms with E-state index in [1.165, 1.54) is 33.4 Å². The van der Waals surface area contributed by atoms with Gasteiger partial charge in [-0.05, 0) is 65.6 Å². The summed E-state index contributed by atoms with van der Waals surface area (Å²) in [5.74, 6) is 0. The van der Waals surface area contributed by atoms with E-state index in [9.17, 15) is 5.11 Å². The van der Waals surface area contributed by atoms with Crippen molar-refractivity contribution in [3.63, 3.8) is 0 Å². The molecule has 0 saturated heterocycles. The van der Waals surface area contributed by atoms with Gasteiger partial charge in [0.1, 0.15) is 0 Å². The molecular weight excluding hydrogens is 368 g/mol. The maximum atomic E-state index is 10.2. The van der Waals surface area contributed by atoms with Crippen LogP contribution in [0, 0.1) is 6.92 Å². The van der Waals surface area contributed by atoms with Crippen molar-refractivity contribution >= 4 is 0 Å². The van der Waals surface area contributed by atoms with Crippen LogP contribution < -0.4 is 0 Å². The molecule has 3 aromatic rings. The molecule has 2 aromatic carbocycles. The number of rotatable bonds is 6. The van der Waals surface area contributed by atoms with Gasteiger partial charge in [-0.25, -0.2) is 0 Å². The predicted molar refractivity (Wildman–Crippen MR) is 123 cm³/mol. The summed E-state index contributed by atoms with van der Waals surface area (Å²) in [6, 6.07) is 17.4. The van der Waals surface area contributed by atoms with E-state index in [4.69, 9.17) is 4.98 Å². The fourth-order valence-corrected chi connectivity index (χ4v) is 4.73. The summed E-state index contributed by atoms with van der Waals surface area (Å²) in [7, 11) is 0. The maximum absolute atomic E-state index is 10.2. The number of aliphatic hydroxyl groups excluding tert-OH is 1. The van der Waals surface area contributed by atoms with E-state index in [0.717, 1.165) is 55.8 Å². The van der Waals surface area contributed by atoms with E-state index in [1.54, 1.807) is 0 Å². The number of hydrogen-bond donors (Lipinski definition) is 1. The predicted octanol–water partition coefficient (Wildman–Crippen LogP) is 5.23. The van der Waals surface area contributed by atoms with Crippen LogP contribution in [-0.2, 0) is 39.0 Å². The number of pyridine rings is 1. The Hall–Kier alpha value is -2.49. The summed E-state index contributed by atoms with van der Waals surface area (Å²) in [5.41, 5.74) is 11.0. The highest BCUT2D eigenvalue weighted by molar-refractivity contribution is 5.69. The first kappa shape index (κ1) is 20.8. The normalized spacial score (nSPS) is 14.0. The lowest BCUT2D eigenvalue weighted by molar-refractivity contribution is 0.238. The minimum Gasteiger partial charge on any atom is -0.392 e. The van der Waals surface area contributed by atoms with E-state index < -0.39 is 0 Å². The monoisotopic (exact) mass is 400 g/mol. The van der Waals surface area contributed by atoms with E-state index in [-0.39, 0.29) is 6.61 Å². The lowest BCUT2D eigenvalue weighted by Gasteiger charge is -2.30. The Morgan fingerprint density at radius 1 is 0.933 bits per heavy atom. The zero-order chi connectivity index (χ0) is 21.1. The van der Waals surface area contributed by atoms with Crippen LogP contribution in [0.1, 0.15) is 52.9 Å². The van der Waals surface area contributed by atoms with Crippen LogP contribution in [0.3, 0.4) is 0 Å². The van der Waals surface area contributed by atoms with Crippen LogP contribution >= 0.6 is 0 Å². The average molecular weight is 401 g/mol. The average Bonchev–Trinajstić information content (AvgIpc) is 2.79. The second kappa shape index (κ2) is 9.11. The first-order chi connectivity index (χ1) is 14.6. The van der Waals surface area contributed by atoms with Gasteiger partial charge in [-0.1, -0.05) is 56.3 Å². The van der Waals surface area contributed by atoms with E-state index in [2.05, 4.69) is 74.2 Å². The molecule has 0 radical (unpaired) electrons. The highest BCUT2D eigenvalue weighted by Crippen LogP contribution is 2.31. The van der Waals surface area contributed by atoms with E-state index in [1.807, 2.05) is 0 Å². The summed E-state index contributed by atoms with van der Waals surface area (Å²) in [5, 5.41) is 10.2. The van der Waals surface area contributed by atoms with Crippen LogP contribution in [0.5, 0.6) is 0 Å². The third-order valence-electron chi connectivity index (χ3n) is 6.44. The van der Waals surface area contributed by atoms with Crippen molar-refractivity contribution in [2.75, 3.05) is 6.54 Å². The van der Waals surface area contributed by atoms with Crippen molar-refractivity contribution < 1.29 is 5.11 Å². The highest BCUT2D eigenvalue weighted by atomic mass is 16.3. The third-order valence-corrected chi connectivity index (χ3v) is 6.44. The first-order valence-corrected chi connectivity index (χ1v) is 11.1. The van der Waals surface area contributed by atoms with Crippen molar-refractivity contribution in [3.8, 4) is 11.3 Å². The zero-order valence-corrected chi connectivity index (χ0v) is 18.4. The molecule has 156 valence electrons. The molecule has 0 saturated carbocycles. The number of fused-ring (bicyclic) bond motifs is 1. The molecule has 1 aromatic heterocycles. The molecule has 1 aliphatic rings. The molecule has 0 aliphatic carbocycles. The van der Waals surface area contributed by atoms with Crippen molar-refractivity contribution in [3.05, 3.63) is 87.6 Å². The van der Waals surface area contributed by atoms with Gasteiger partial charge in [0.05, 0.1) is 12.3 Å². The SMILES string of the molecule is CCc1cccc(CC)c1-c1cc(CO)c(CN2CCc3ccccc3C2)c(C)n1. The Morgan fingerprint density at radius 2 is 1.63 bits per heavy atom. The summed E-state index contributed by atoms with van der Waals surface area (Å²) in [6.07, 6.45) is 3.04. The van der Waals surface area contributed by atoms with Crippen LogP contribution in [0.4, 0.5) is 0 Å². The van der Waals surface area contributed by atoms with Gasteiger partial charge in [0.25, 0.3) is 0 Å². The Kier molecular flexibility index (Phi) is 6.31. The smallest absolute Gasteiger partial charge is 0.0714 e. The summed E-state index contributed by atoms with van der Waals surface area (Å²) in [4.78, 5) is 7.52. The molecule has 30 heavy (non-hydrogen) atoms. The number of hydrogen-bond acceptors (Lipinski definition) is 3. The molecule has 0 amide bonds. The van der Waals surface area contributed by atoms with Crippen molar-refractivity contribution in [1.29, 1.82) is 0 Å². The Labute approximate surface area is 180 Å². The second-order valence-electron chi connectivity index (χ2n) is 8.28. The number of aromatic nitrogens is 1. The molecule has 2 heterocycles. The van der Waals surface area contributed by atoms with Crippen LogP contribution in [0.2, 0.25) is 0 Å². The van der Waals surface area contributed by atoms with Crippen LogP contribution in [0.15, 0.2) is 48.5 Å². The molecule has 3 heteroatoms. The molecule has 0 unspecified atom stereocenters. The molecule has 4 rings (SSSR count). The molecule has 3 nitrogen and oxygen atoms in total. The van der Waals surface area contributed by atoms with Crippen LogP contribution in [-0.4, -0.2) is 21.5 Å². The lowest BCUT2D eigenvalue weighted by Crippen LogP contribution is -2.30. The minimum absolute atomic E-state index is 0.0475. The van der Waals surface area contributed by atoms with Gasteiger partial charge in [0.15, 0.2) is 0 Å². The summed E-state index contributed by atoms with van der Waals surface area (Å²) >= 11 is 0. The second-order valence-corrected chi connectivity index (χ2v) is 8.28. The zero-order valence-electron chi connectivity index (χ0n) is 18.4. The largest absolute Gasteiger partial charge is 0.392 e. The molecule has 0 spiro atoms. The van der Waals surface area contributed by atoms with Gasteiger partial charge in [0.2, 0.25) is 0 Å². The standard InChI is InChI=1S/C27H32N2O/c1-4-20-11-8-12-21(5-2)27(20)26-15-24(18-30)25(19(3)28-26)17-29-14-13-22-9-6-7-10-23(22)16-29/h6-12,15,30H,4-5,13-14,16-18H2,1-3H3. The fourth-order valence-electron chi connectivity index (χ4n) is 4.73. The Bertz CT molecular complexity index is 1020. The first-order valence-electron chi connectivity index (χ1n) is 11.1. The van der Waals surface area contributed by atoms with Gasteiger partial charge >= 0.3 is 0 Å². The summed E-state index contributed by atoms with van der Waals surface area (Å²) in [6.45, 7) is 9.37. The Balaban J connectivity index is 1.68. The Morgan fingerprint density at radius 3 is 2.30 bits per heavy atom. The maximum Gasteiger partial charge on any atom is 0.0714 e. The summed E-state index contributed by atoms with van der Waals surface area (Å²) < 4.78 is 0. The molecule has 0 fully saturated rings. The van der Waals surface area contributed by atoms with E-state index in [0.29, 0.717) is 0 Å². The topological polar surface area (TPSA) is 36.4 Å². The highest BCUT2D eigenvalue weighted by Gasteiger charge is 2.20. The molecular formula is C27H32N2O. The van der Waals surface area contributed by atoms with Crippen molar-refractivity contribution in [2.24, 2.45) is 0 Å². The number of aliphatic hydroxyl groups is 1. The third kappa shape index (κ3) is 4.05. The molecule has 0 bridgehead atoms. The number of benzene rings is 2. The molecule has 1 N–H and O–H groups in total. The van der Waals surface area contributed by atoms with Gasteiger partial charge in [-0.15, -0.1) is 0 Å². The molecule has 1 aliphatic heterocycles. The lowest BCUT2D eigenvalue weighted by atomic mass is 9.92. The number of nitrogens with zero attached hydrogens (tertiary/aromatic N) is 2. The quantitative estimate of drug-likeness (QED) is 0.615. The van der Waals surface area contributed by atoms with Crippen molar-refractivity contribution in [2.45, 2.75) is 59.7 Å². The van der Waals surface area contributed by atoms with Gasteiger partial charge in [0, 0.05) is 30.9 Å². The minimum atomic E-state index is 0.0475. The fraction of sp³-hybridized carbons (Fsp3) is 0.370. The van der Waals surface area contributed by atoms with E-state index >= 15 is 0 Å². The molecule has 0 atom stereocenters.